The Morgan fingerprint density at radius 3 is 2.12 bits per heavy atom. The van der Waals surface area contributed by atoms with Crippen molar-refractivity contribution in [2.75, 3.05) is 18.1 Å². The molecule has 2 amide bonds. The molecule has 2 aliphatic heterocycles. The van der Waals surface area contributed by atoms with Gasteiger partial charge in [-0.1, -0.05) is 23.5 Å². The number of rotatable bonds is 5. The molecule has 1 atom stereocenters. The first-order chi connectivity index (χ1) is 11.2. The van der Waals surface area contributed by atoms with E-state index in [1.807, 2.05) is 0 Å². The van der Waals surface area contributed by atoms with Gasteiger partial charge in [0.15, 0.2) is 21.7 Å². The van der Waals surface area contributed by atoms with Gasteiger partial charge in [0.2, 0.25) is 0 Å². The summed E-state index contributed by atoms with van der Waals surface area (Å²) in [5, 5.41) is 11.0. The van der Waals surface area contributed by atoms with E-state index >= 15 is 0 Å². The number of carboxylic acids is 1. The molecule has 0 aromatic carbocycles. The fourth-order valence-electron chi connectivity index (χ4n) is 2.81. The van der Waals surface area contributed by atoms with E-state index < -0.39 is 29.2 Å². The number of aliphatic carboxylic acids is 1. The van der Waals surface area contributed by atoms with Gasteiger partial charge in [-0.2, -0.15) is 0 Å². The molecule has 2 fully saturated rings. The molecule has 0 radical (unpaired) electrons. The van der Waals surface area contributed by atoms with Gasteiger partial charge in [-0.25, -0.2) is 14.8 Å². The Balaban J connectivity index is 2.39. The number of hydrogen-bond acceptors (Lipinski definition) is 7. The van der Waals surface area contributed by atoms with Crippen LogP contribution in [-0.4, -0.2) is 67.2 Å². The van der Waals surface area contributed by atoms with Crippen molar-refractivity contribution in [3.05, 3.63) is 0 Å². The van der Waals surface area contributed by atoms with Crippen LogP contribution in [0.4, 0.5) is 0 Å². The smallest absolute Gasteiger partial charge is 0.328 e. The molecule has 0 aromatic rings. The number of amides is 2. The minimum atomic E-state index is -1.58. The fourth-order valence-corrected chi connectivity index (χ4v) is 4.53. The van der Waals surface area contributed by atoms with E-state index in [1.165, 1.54) is 18.9 Å². The first-order valence-electron chi connectivity index (χ1n) is 7.36. The van der Waals surface area contributed by atoms with Crippen molar-refractivity contribution in [2.24, 2.45) is 5.41 Å². The van der Waals surface area contributed by atoms with Gasteiger partial charge in [-0.15, -0.1) is 0 Å². The number of fused-ring (bicyclic) bond motifs is 1. The minimum absolute atomic E-state index is 0.0976. The topological polar surface area (TPSA) is 112 Å². The number of carbonyl (C=O) groups is 5. The molecule has 8 nitrogen and oxygen atoms in total. The van der Waals surface area contributed by atoms with E-state index in [9.17, 15) is 29.1 Å². The first kappa shape index (κ1) is 18.8. The maximum Gasteiger partial charge on any atom is 0.328 e. The molecule has 0 aliphatic carbocycles. The Bertz CT molecular complexity index is 590. The van der Waals surface area contributed by atoms with Crippen molar-refractivity contribution in [2.45, 2.75) is 32.7 Å². The van der Waals surface area contributed by atoms with E-state index in [2.05, 4.69) is 0 Å². The first-order valence-corrected chi connectivity index (χ1v) is 9.33. The predicted molar refractivity (Wildman–Crippen MR) is 87.9 cm³/mol. The molecule has 0 bridgehead atoms. The summed E-state index contributed by atoms with van der Waals surface area (Å²) >= 11 is 1.67. The van der Waals surface area contributed by atoms with E-state index in [0.717, 1.165) is 28.5 Å². The molecule has 1 unspecified atom stereocenters. The van der Waals surface area contributed by atoms with Crippen LogP contribution in [0, 0.1) is 5.41 Å². The van der Waals surface area contributed by atoms with E-state index in [4.69, 9.17) is 0 Å². The number of carboxylic acid groups (broad SMARTS) is 1. The Morgan fingerprint density at radius 2 is 1.67 bits per heavy atom. The molecular weight excluding hydrogens is 356 g/mol. The monoisotopic (exact) mass is 374 g/mol. The van der Waals surface area contributed by atoms with Crippen molar-refractivity contribution in [1.29, 1.82) is 0 Å². The molecule has 2 saturated heterocycles. The van der Waals surface area contributed by atoms with Crippen LogP contribution in [0.1, 0.15) is 26.7 Å². The van der Waals surface area contributed by atoms with Crippen LogP contribution in [-0.2, 0) is 24.0 Å². The van der Waals surface area contributed by atoms with Crippen molar-refractivity contribution in [1.82, 2.24) is 10.0 Å². The minimum Gasteiger partial charge on any atom is -0.480 e. The summed E-state index contributed by atoms with van der Waals surface area (Å²) in [7, 11) is 0. The zero-order valence-corrected chi connectivity index (χ0v) is 14.9. The van der Waals surface area contributed by atoms with Crippen molar-refractivity contribution >= 4 is 51.5 Å². The lowest BCUT2D eigenvalue weighted by Gasteiger charge is -2.36. The Labute approximate surface area is 147 Å². The Kier molecular flexibility index (Phi) is 5.59. The number of carbonyl (C=O) groups excluding carboxylic acids is 4. The van der Waals surface area contributed by atoms with Gasteiger partial charge in [-0.05, 0) is 12.8 Å². The molecule has 132 valence electrons. The van der Waals surface area contributed by atoms with Crippen LogP contribution in [0.3, 0.4) is 0 Å². The summed E-state index contributed by atoms with van der Waals surface area (Å²) in [6.45, 7) is 2.91. The highest BCUT2D eigenvalue weighted by Crippen LogP contribution is 2.41. The third-order valence-corrected chi connectivity index (χ3v) is 6.08. The number of hydrazine groups is 1. The molecule has 0 saturated carbocycles. The van der Waals surface area contributed by atoms with E-state index in [-0.39, 0.29) is 34.7 Å². The van der Waals surface area contributed by atoms with Crippen molar-refractivity contribution in [3.63, 3.8) is 0 Å². The predicted octanol–water partition coefficient (Wildman–Crippen LogP) is 0.365. The second-order valence-electron chi connectivity index (χ2n) is 5.72. The lowest BCUT2D eigenvalue weighted by molar-refractivity contribution is -0.169. The molecule has 2 aliphatic rings. The summed E-state index contributed by atoms with van der Waals surface area (Å²) in [6.07, 6.45) is 0.739. The van der Waals surface area contributed by atoms with Gasteiger partial charge in [0.05, 0.1) is 0 Å². The van der Waals surface area contributed by atoms with Crippen LogP contribution in [0.25, 0.3) is 0 Å². The third kappa shape index (κ3) is 3.30. The summed E-state index contributed by atoms with van der Waals surface area (Å²) in [4.78, 5) is 59.9. The highest BCUT2D eigenvalue weighted by atomic mass is 32.2. The summed E-state index contributed by atoms with van der Waals surface area (Å²) in [6, 6.07) is -1.10. The van der Waals surface area contributed by atoms with Crippen LogP contribution < -0.4 is 0 Å². The van der Waals surface area contributed by atoms with Crippen LogP contribution in [0.15, 0.2) is 0 Å². The summed E-state index contributed by atoms with van der Waals surface area (Å²) in [5.74, 6) is -2.53. The average molecular weight is 374 g/mol. The second kappa shape index (κ2) is 7.14. The molecule has 2 heterocycles. The number of hydrogen-bond donors (Lipinski definition) is 1. The summed E-state index contributed by atoms with van der Waals surface area (Å²) < 4.78 is 0. The lowest BCUT2D eigenvalue weighted by Crippen LogP contribution is -2.54. The molecule has 24 heavy (non-hydrogen) atoms. The van der Waals surface area contributed by atoms with Gasteiger partial charge in [0, 0.05) is 31.9 Å². The van der Waals surface area contributed by atoms with Gasteiger partial charge >= 0.3 is 5.97 Å². The lowest BCUT2D eigenvalue weighted by atomic mass is 9.92. The molecule has 0 spiro atoms. The molecule has 1 N–H and O–H groups in total. The molecule has 10 heteroatoms. The highest BCUT2D eigenvalue weighted by molar-refractivity contribution is 8.14. The summed E-state index contributed by atoms with van der Waals surface area (Å²) in [5.41, 5.74) is -1.58. The Morgan fingerprint density at radius 1 is 1.12 bits per heavy atom. The number of nitrogens with zero attached hydrogens (tertiary/aromatic N) is 2. The van der Waals surface area contributed by atoms with Crippen LogP contribution in [0.2, 0.25) is 0 Å². The normalized spacial score (nSPS) is 22.5. The SMILES string of the molecule is CC(=O)SCC1(CSC(C)=O)C(=O)N2CCCC(C(=O)O)N2C1=O. The Hall–Kier alpha value is -1.55. The zero-order chi connectivity index (χ0) is 18.1. The second-order valence-corrected chi connectivity index (χ2v) is 8.02. The van der Waals surface area contributed by atoms with Gasteiger partial charge in [0.25, 0.3) is 11.8 Å². The van der Waals surface area contributed by atoms with Gasteiger partial charge in [0.1, 0.15) is 0 Å². The number of thioether (sulfide) groups is 2. The highest BCUT2D eigenvalue weighted by Gasteiger charge is 2.61. The fraction of sp³-hybridized carbons (Fsp3) is 0.643. The molecule has 2 rings (SSSR count). The van der Waals surface area contributed by atoms with Gasteiger partial charge in [-0.3, -0.25) is 19.2 Å². The van der Waals surface area contributed by atoms with Crippen LogP contribution >= 0.6 is 23.5 Å². The largest absolute Gasteiger partial charge is 0.480 e. The van der Waals surface area contributed by atoms with Crippen molar-refractivity contribution in [3.8, 4) is 0 Å². The van der Waals surface area contributed by atoms with Crippen LogP contribution in [0.5, 0.6) is 0 Å². The van der Waals surface area contributed by atoms with E-state index in [0.29, 0.717) is 6.42 Å². The molecular formula is C14H18N2O6S2. The van der Waals surface area contributed by atoms with Gasteiger partial charge < -0.3 is 5.11 Å². The average Bonchev–Trinajstić information content (AvgIpc) is 2.73. The zero-order valence-electron chi connectivity index (χ0n) is 13.3. The van der Waals surface area contributed by atoms with Crippen molar-refractivity contribution < 1.29 is 29.1 Å². The van der Waals surface area contributed by atoms with E-state index in [1.54, 1.807) is 0 Å². The maximum absolute atomic E-state index is 13.0. The molecule has 0 aromatic heterocycles. The quantitative estimate of drug-likeness (QED) is 0.687. The maximum atomic E-state index is 13.0. The third-order valence-electron chi connectivity index (χ3n) is 3.99. The standard InChI is InChI=1S/C14H18N2O6S2/c1-8(17)23-6-14(7-24-9(2)18)12(21)15-5-3-4-10(11(19)20)16(15)13(14)22/h10H,3-7H2,1-2H3,(H,19,20).